The molecule has 0 aromatic heterocycles. The molecule has 0 spiro atoms. The molecule has 0 aliphatic heterocycles. The van der Waals surface area contributed by atoms with Crippen LogP contribution in [0.3, 0.4) is 0 Å². The molecule has 0 aliphatic rings. The first-order valence-corrected chi connectivity index (χ1v) is 28.1. The number of rotatable bonds is 47. The summed E-state index contributed by atoms with van der Waals surface area (Å²) >= 11 is 0. The number of carbonyl (C=O) groups excluding carboxylic acids is 2. The van der Waals surface area contributed by atoms with Crippen LogP contribution in [0, 0.1) is 0 Å². The van der Waals surface area contributed by atoms with Crippen LogP contribution in [0.25, 0.3) is 0 Å². The zero-order valence-corrected chi connectivity index (χ0v) is 43.9. The van der Waals surface area contributed by atoms with Crippen molar-refractivity contribution in [3.8, 4) is 0 Å². The molecule has 1 amide bonds. The van der Waals surface area contributed by atoms with Gasteiger partial charge in [-0.3, -0.25) is 18.6 Å². The van der Waals surface area contributed by atoms with Crippen LogP contribution in [0.4, 0.5) is 0 Å². The SMILES string of the molecule is CC/C=C/C/C=C/C/C=C/C/C=C/CCCCCC(=O)NC(COP(=O)(O)OCC[N+](C)(C)C)C(/C=C\CCCCCCCCCCCC)OC(=O)CCCCCCCCCCCCC. The zero-order valence-electron chi connectivity index (χ0n) is 43.0. The largest absolute Gasteiger partial charge is 0.472 e. The van der Waals surface area contributed by atoms with Gasteiger partial charge in [0.05, 0.1) is 33.8 Å². The number of likely N-dealkylation sites (N-methyl/N-ethyl adjacent to an activating group) is 1. The molecule has 0 fully saturated rings. The third-order valence-electron chi connectivity index (χ3n) is 11.5. The Kier molecular flexibility index (Phi) is 43.9. The predicted octanol–water partition coefficient (Wildman–Crippen LogP) is 15.5. The van der Waals surface area contributed by atoms with Crippen molar-refractivity contribution in [2.45, 2.75) is 238 Å². The molecular formula is C55H102N2O7P+. The summed E-state index contributed by atoms with van der Waals surface area (Å²) in [4.78, 5) is 37.4. The molecule has 0 saturated heterocycles. The second-order valence-corrected chi connectivity index (χ2v) is 20.5. The smallest absolute Gasteiger partial charge is 0.456 e. The molecule has 0 rings (SSSR count). The van der Waals surface area contributed by atoms with Gasteiger partial charge in [-0.25, -0.2) is 4.57 Å². The Labute approximate surface area is 401 Å². The topological polar surface area (TPSA) is 111 Å². The number of amides is 1. The lowest BCUT2D eigenvalue weighted by Gasteiger charge is -2.27. The van der Waals surface area contributed by atoms with Crippen molar-refractivity contribution in [3.05, 3.63) is 60.8 Å². The third kappa shape index (κ3) is 46.6. The van der Waals surface area contributed by atoms with Crippen molar-refractivity contribution in [2.75, 3.05) is 40.9 Å². The average Bonchev–Trinajstić information content (AvgIpc) is 3.26. The average molecular weight is 934 g/mol. The first-order valence-electron chi connectivity index (χ1n) is 26.6. The Morgan fingerprint density at radius 2 is 0.985 bits per heavy atom. The Hall–Kier alpha value is -2.29. The van der Waals surface area contributed by atoms with Crippen molar-refractivity contribution >= 4 is 19.7 Å². The second kappa shape index (κ2) is 45.5. The fourth-order valence-corrected chi connectivity index (χ4v) is 8.08. The van der Waals surface area contributed by atoms with Gasteiger partial charge in [-0.1, -0.05) is 204 Å². The molecule has 0 bridgehead atoms. The number of ether oxygens (including phenoxy) is 1. The summed E-state index contributed by atoms with van der Waals surface area (Å²) in [6, 6.07) is -0.861. The molecule has 65 heavy (non-hydrogen) atoms. The molecule has 0 radical (unpaired) electrons. The van der Waals surface area contributed by atoms with E-state index in [1.807, 2.05) is 33.3 Å². The van der Waals surface area contributed by atoms with Gasteiger partial charge in [0.1, 0.15) is 19.3 Å². The molecule has 0 aliphatic carbocycles. The monoisotopic (exact) mass is 934 g/mol. The summed E-state index contributed by atoms with van der Waals surface area (Å²) in [5.41, 5.74) is 0. The van der Waals surface area contributed by atoms with Crippen molar-refractivity contribution in [1.29, 1.82) is 0 Å². The number of hydrogen-bond acceptors (Lipinski definition) is 6. The molecule has 10 heteroatoms. The van der Waals surface area contributed by atoms with Gasteiger partial charge in [-0.15, -0.1) is 0 Å². The first kappa shape index (κ1) is 62.7. The van der Waals surface area contributed by atoms with E-state index in [9.17, 15) is 19.0 Å². The van der Waals surface area contributed by atoms with Crippen LogP contribution in [0.5, 0.6) is 0 Å². The van der Waals surface area contributed by atoms with E-state index in [1.165, 1.54) is 103 Å². The lowest BCUT2D eigenvalue weighted by atomic mass is 10.0. The van der Waals surface area contributed by atoms with E-state index in [-0.39, 0.29) is 31.5 Å². The quantitative estimate of drug-likeness (QED) is 0.0206. The molecular weight excluding hydrogens is 832 g/mol. The van der Waals surface area contributed by atoms with Crippen LogP contribution in [0.15, 0.2) is 60.8 Å². The summed E-state index contributed by atoms with van der Waals surface area (Å²) < 4.78 is 30.5. The van der Waals surface area contributed by atoms with E-state index >= 15 is 0 Å². The van der Waals surface area contributed by atoms with Crippen LogP contribution >= 0.6 is 7.82 Å². The van der Waals surface area contributed by atoms with E-state index < -0.39 is 20.0 Å². The van der Waals surface area contributed by atoms with Gasteiger partial charge in [0, 0.05) is 12.8 Å². The third-order valence-corrected chi connectivity index (χ3v) is 12.5. The van der Waals surface area contributed by atoms with E-state index in [2.05, 4.69) is 74.7 Å². The fourth-order valence-electron chi connectivity index (χ4n) is 7.34. The minimum absolute atomic E-state index is 0.0331. The highest BCUT2D eigenvalue weighted by Gasteiger charge is 2.30. The molecule has 3 unspecified atom stereocenters. The molecule has 3 atom stereocenters. The van der Waals surface area contributed by atoms with Gasteiger partial charge in [-0.05, 0) is 70.3 Å². The minimum atomic E-state index is -4.45. The van der Waals surface area contributed by atoms with Gasteiger partial charge < -0.3 is 19.4 Å². The molecule has 0 aromatic carbocycles. The maximum Gasteiger partial charge on any atom is 0.472 e. The molecule has 0 saturated carbocycles. The number of esters is 1. The van der Waals surface area contributed by atoms with E-state index in [0.717, 1.165) is 83.5 Å². The van der Waals surface area contributed by atoms with Gasteiger partial charge >= 0.3 is 13.8 Å². The van der Waals surface area contributed by atoms with Gasteiger partial charge in [0.2, 0.25) is 5.91 Å². The Morgan fingerprint density at radius 3 is 1.49 bits per heavy atom. The first-order chi connectivity index (χ1) is 31.4. The molecule has 9 nitrogen and oxygen atoms in total. The summed E-state index contributed by atoms with van der Waals surface area (Å²) in [5.74, 6) is -0.543. The molecule has 0 heterocycles. The van der Waals surface area contributed by atoms with Crippen LogP contribution in [-0.2, 0) is 27.9 Å². The minimum Gasteiger partial charge on any atom is -0.456 e. The van der Waals surface area contributed by atoms with Crippen molar-refractivity contribution < 1.29 is 37.3 Å². The lowest BCUT2D eigenvalue weighted by molar-refractivity contribution is -0.870. The van der Waals surface area contributed by atoms with Gasteiger partial charge in [0.15, 0.2) is 0 Å². The summed E-state index contributed by atoms with van der Waals surface area (Å²) in [7, 11) is 1.47. The van der Waals surface area contributed by atoms with Crippen LogP contribution < -0.4 is 5.32 Å². The molecule has 0 aromatic rings. The van der Waals surface area contributed by atoms with Gasteiger partial charge in [-0.2, -0.15) is 0 Å². The van der Waals surface area contributed by atoms with Crippen molar-refractivity contribution in [2.24, 2.45) is 0 Å². The number of carbonyl (C=O) groups is 2. The van der Waals surface area contributed by atoms with Crippen LogP contribution in [0.1, 0.15) is 226 Å². The summed E-state index contributed by atoms with van der Waals surface area (Å²) in [6.07, 6.45) is 55.0. The number of nitrogens with zero attached hydrogens (tertiary/aromatic N) is 1. The summed E-state index contributed by atoms with van der Waals surface area (Å²) in [6.45, 7) is 6.85. The highest BCUT2D eigenvalue weighted by Crippen LogP contribution is 2.43. The number of nitrogens with one attached hydrogen (secondary N) is 1. The number of hydrogen-bond donors (Lipinski definition) is 2. The highest BCUT2D eigenvalue weighted by atomic mass is 31.2. The maximum atomic E-state index is 13.4. The molecule has 2 N–H and O–H groups in total. The molecule has 378 valence electrons. The van der Waals surface area contributed by atoms with E-state index in [0.29, 0.717) is 23.9 Å². The van der Waals surface area contributed by atoms with E-state index in [1.54, 1.807) is 0 Å². The maximum absolute atomic E-state index is 13.4. The van der Waals surface area contributed by atoms with Crippen molar-refractivity contribution in [1.82, 2.24) is 5.32 Å². The number of quaternary nitrogens is 1. The second-order valence-electron chi connectivity index (χ2n) is 19.0. The standard InChI is InChI=1S/C55H101N2O7P/c1-7-10-13-16-19-22-25-27-28-29-30-33-35-38-41-44-47-54(58)56-52(51-63-65(60,61)62-50-49-57(4,5)6)53(46-43-40-37-34-32-26-23-20-17-14-11-8-2)64-55(59)48-45-42-39-36-31-24-21-18-15-12-9-3/h10,13,19,22,27-28,30,33,43,46,52-53H,7-9,11-12,14-18,20-21,23-26,29,31-32,34-42,44-45,47-51H2,1-6H3,(H-,56,58,60,61)/p+1/b13-10+,22-19+,28-27+,33-30+,46-43-. The number of phosphoric acid groups is 1. The Bertz CT molecular complexity index is 1300. The normalized spacial score (nSPS) is 14.4. The van der Waals surface area contributed by atoms with Gasteiger partial charge in [0.25, 0.3) is 0 Å². The number of phosphoric ester groups is 1. The number of allylic oxidation sites excluding steroid dienone is 9. The summed E-state index contributed by atoms with van der Waals surface area (Å²) in [5, 5.41) is 3.02. The highest BCUT2D eigenvalue weighted by molar-refractivity contribution is 7.47. The number of unbranched alkanes of at least 4 members (excludes halogenated alkanes) is 23. The fraction of sp³-hybridized carbons (Fsp3) is 0.782. The Morgan fingerprint density at radius 1 is 0.554 bits per heavy atom. The Balaban J connectivity index is 5.46. The van der Waals surface area contributed by atoms with Crippen molar-refractivity contribution in [3.63, 3.8) is 0 Å². The van der Waals surface area contributed by atoms with E-state index in [4.69, 9.17) is 13.8 Å². The van der Waals surface area contributed by atoms with Crippen LogP contribution in [0.2, 0.25) is 0 Å². The van der Waals surface area contributed by atoms with Crippen LogP contribution in [-0.4, -0.2) is 74.3 Å². The predicted molar refractivity (Wildman–Crippen MR) is 277 cm³/mol. The lowest BCUT2D eigenvalue weighted by Crippen LogP contribution is -2.47. The zero-order chi connectivity index (χ0) is 48.0.